The SMILES string of the molecule is CNN(C)C1=NCCN1. The Morgan fingerprint density at radius 1 is 1.78 bits per heavy atom. The molecule has 9 heavy (non-hydrogen) atoms. The lowest BCUT2D eigenvalue weighted by atomic mass is 10.7. The molecule has 0 fully saturated rings. The van der Waals surface area contributed by atoms with E-state index in [0.29, 0.717) is 0 Å². The molecule has 0 saturated carbocycles. The maximum atomic E-state index is 4.18. The summed E-state index contributed by atoms with van der Waals surface area (Å²) in [4.78, 5) is 4.18. The minimum atomic E-state index is 0.890. The zero-order valence-electron chi connectivity index (χ0n) is 5.81. The first-order chi connectivity index (χ1) is 4.34. The minimum absolute atomic E-state index is 0.890. The van der Waals surface area contributed by atoms with Crippen LogP contribution in [0.4, 0.5) is 0 Å². The molecule has 0 saturated heterocycles. The first-order valence-electron chi connectivity index (χ1n) is 3.04. The van der Waals surface area contributed by atoms with Crippen LogP contribution in [0.25, 0.3) is 0 Å². The van der Waals surface area contributed by atoms with Crippen molar-refractivity contribution in [3.05, 3.63) is 0 Å². The molecule has 1 rings (SSSR count). The molecule has 0 radical (unpaired) electrons. The van der Waals surface area contributed by atoms with Gasteiger partial charge in [-0.3, -0.25) is 10.0 Å². The number of guanidine groups is 1. The Labute approximate surface area is 54.9 Å². The fourth-order valence-electron chi connectivity index (χ4n) is 0.716. The van der Waals surface area contributed by atoms with Crippen molar-refractivity contribution in [2.24, 2.45) is 4.99 Å². The molecule has 0 atom stereocenters. The van der Waals surface area contributed by atoms with Crippen LogP contribution in [0.2, 0.25) is 0 Å². The van der Waals surface area contributed by atoms with E-state index in [1.54, 1.807) is 0 Å². The third kappa shape index (κ3) is 1.32. The normalized spacial score (nSPS) is 16.9. The second-order valence-electron chi connectivity index (χ2n) is 1.91. The predicted molar refractivity (Wildman–Crippen MR) is 37.1 cm³/mol. The molecule has 52 valence electrons. The molecule has 1 aliphatic rings. The van der Waals surface area contributed by atoms with Crippen molar-refractivity contribution < 1.29 is 0 Å². The summed E-state index contributed by atoms with van der Waals surface area (Å²) in [6, 6.07) is 0. The van der Waals surface area contributed by atoms with Gasteiger partial charge in [0.25, 0.3) is 0 Å². The lowest BCUT2D eigenvalue weighted by molar-refractivity contribution is 0.399. The molecule has 0 unspecified atom stereocenters. The summed E-state index contributed by atoms with van der Waals surface area (Å²) in [5.74, 6) is 0.928. The van der Waals surface area contributed by atoms with Gasteiger partial charge in [0.2, 0.25) is 5.96 Å². The molecule has 0 bridgehead atoms. The van der Waals surface area contributed by atoms with E-state index in [4.69, 9.17) is 0 Å². The smallest absolute Gasteiger partial charge is 0.208 e. The number of hydrogen-bond donors (Lipinski definition) is 2. The number of rotatable bonds is 1. The maximum absolute atomic E-state index is 4.18. The number of nitrogens with zero attached hydrogens (tertiary/aromatic N) is 2. The van der Waals surface area contributed by atoms with Gasteiger partial charge in [-0.2, -0.15) is 0 Å². The summed E-state index contributed by atoms with van der Waals surface area (Å²) in [6.45, 7) is 1.85. The molecular formula is C5H12N4. The van der Waals surface area contributed by atoms with Crippen LogP contribution < -0.4 is 10.7 Å². The summed E-state index contributed by atoms with van der Waals surface area (Å²) in [6.07, 6.45) is 0. The van der Waals surface area contributed by atoms with Gasteiger partial charge in [-0.1, -0.05) is 0 Å². The van der Waals surface area contributed by atoms with Crippen molar-refractivity contribution in [3.8, 4) is 0 Å². The van der Waals surface area contributed by atoms with Crippen LogP contribution >= 0.6 is 0 Å². The summed E-state index contributed by atoms with van der Waals surface area (Å²) in [5.41, 5.74) is 2.95. The van der Waals surface area contributed by atoms with E-state index in [0.717, 1.165) is 19.0 Å². The van der Waals surface area contributed by atoms with Gasteiger partial charge in [0, 0.05) is 20.6 Å². The summed E-state index contributed by atoms with van der Waals surface area (Å²) in [7, 11) is 3.79. The maximum Gasteiger partial charge on any atom is 0.208 e. The highest BCUT2D eigenvalue weighted by Crippen LogP contribution is 1.85. The average Bonchev–Trinajstić information content (AvgIpc) is 2.37. The van der Waals surface area contributed by atoms with Crippen LogP contribution in [-0.2, 0) is 0 Å². The van der Waals surface area contributed by atoms with E-state index in [2.05, 4.69) is 15.7 Å². The Balaban J connectivity index is 2.40. The van der Waals surface area contributed by atoms with Crippen LogP contribution in [0.15, 0.2) is 4.99 Å². The van der Waals surface area contributed by atoms with Gasteiger partial charge < -0.3 is 5.32 Å². The van der Waals surface area contributed by atoms with E-state index in [9.17, 15) is 0 Å². The third-order valence-electron chi connectivity index (χ3n) is 1.31. The molecule has 1 aliphatic heterocycles. The van der Waals surface area contributed by atoms with E-state index in [1.807, 2.05) is 19.1 Å². The van der Waals surface area contributed by atoms with Crippen molar-refractivity contribution >= 4 is 5.96 Å². The monoisotopic (exact) mass is 128 g/mol. The topological polar surface area (TPSA) is 39.7 Å². The second-order valence-corrected chi connectivity index (χ2v) is 1.91. The molecule has 0 aromatic rings. The number of aliphatic imine (C=N–C) groups is 1. The molecular weight excluding hydrogens is 116 g/mol. The van der Waals surface area contributed by atoms with Gasteiger partial charge in [0.05, 0.1) is 6.54 Å². The van der Waals surface area contributed by atoms with Gasteiger partial charge >= 0.3 is 0 Å². The summed E-state index contributed by atoms with van der Waals surface area (Å²) in [5, 5.41) is 4.97. The van der Waals surface area contributed by atoms with Gasteiger partial charge in [-0.05, 0) is 0 Å². The highest BCUT2D eigenvalue weighted by Gasteiger charge is 2.06. The molecule has 1 heterocycles. The number of nitrogens with one attached hydrogen (secondary N) is 2. The highest BCUT2D eigenvalue weighted by molar-refractivity contribution is 5.80. The largest absolute Gasteiger partial charge is 0.353 e. The lowest BCUT2D eigenvalue weighted by Crippen LogP contribution is -2.42. The van der Waals surface area contributed by atoms with Crippen molar-refractivity contribution in [1.29, 1.82) is 0 Å². The molecule has 0 aromatic heterocycles. The van der Waals surface area contributed by atoms with Crippen LogP contribution in [0.3, 0.4) is 0 Å². The Morgan fingerprint density at radius 2 is 2.56 bits per heavy atom. The zero-order chi connectivity index (χ0) is 6.69. The van der Waals surface area contributed by atoms with Crippen molar-refractivity contribution in [2.45, 2.75) is 0 Å². The Bertz CT molecular complexity index is 120. The molecule has 2 N–H and O–H groups in total. The predicted octanol–water partition coefficient (Wildman–Crippen LogP) is -0.988. The second kappa shape index (κ2) is 2.68. The lowest BCUT2D eigenvalue weighted by Gasteiger charge is -2.16. The van der Waals surface area contributed by atoms with Crippen LogP contribution in [0.5, 0.6) is 0 Å². The molecule has 4 nitrogen and oxygen atoms in total. The quantitative estimate of drug-likeness (QED) is 0.445. The van der Waals surface area contributed by atoms with E-state index in [1.165, 1.54) is 0 Å². The van der Waals surface area contributed by atoms with Crippen molar-refractivity contribution in [1.82, 2.24) is 15.8 Å². The first kappa shape index (κ1) is 6.35. The van der Waals surface area contributed by atoms with Crippen LogP contribution in [0, 0.1) is 0 Å². The number of hydrazine groups is 1. The van der Waals surface area contributed by atoms with E-state index >= 15 is 0 Å². The Hall–Kier alpha value is -0.770. The standard InChI is InChI=1S/C5H12N4/c1-6-9(2)5-7-3-4-8-5/h6H,3-4H2,1-2H3,(H,7,8). The van der Waals surface area contributed by atoms with E-state index < -0.39 is 0 Å². The Kier molecular flexibility index (Phi) is 1.89. The minimum Gasteiger partial charge on any atom is -0.353 e. The van der Waals surface area contributed by atoms with Gasteiger partial charge in [-0.15, -0.1) is 0 Å². The van der Waals surface area contributed by atoms with Crippen molar-refractivity contribution in [2.75, 3.05) is 27.2 Å². The summed E-state index contributed by atoms with van der Waals surface area (Å²) >= 11 is 0. The van der Waals surface area contributed by atoms with Crippen molar-refractivity contribution in [3.63, 3.8) is 0 Å². The fourth-order valence-corrected chi connectivity index (χ4v) is 0.716. The van der Waals surface area contributed by atoms with Crippen LogP contribution in [-0.4, -0.2) is 38.2 Å². The summed E-state index contributed by atoms with van der Waals surface area (Å²) < 4.78 is 0. The van der Waals surface area contributed by atoms with Crippen LogP contribution in [0.1, 0.15) is 0 Å². The molecule has 0 aliphatic carbocycles. The molecule has 4 heteroatoms. The van der Waals surface area contributed by atoms with Gasteiger partial charge in [0.15, 0.2) is 0 Å². The van der Waals surface area contributed by atoms with E-state index in [-0.39, 0.29) is 0 Å². The fraction of sp³-hybridized carbons (Fsp3) is 0.800. The molecule has 0 spiro atoms. The average molecular weight is 128 g/mol. The number of hydrogen-bond acceptors (Lipinski definition) is 4. The van der Waals surface area contributed by atoms with Gasteiger partial charge in [0.1, 0.15) is 0 Å². The van der Waals surface area contributed by atoms with Gasteiger partial charge in [-0.25, -0.2) is 5.43 Å². The molecule has 0 amide bonds. The zero-order valence-corrected chi connectivity index (χ0v) is 5.81. The third-order valence-corrected chi connectivity index (χ3v) is 1.31. The first-order valence-corrected chi connectivity index (χ1v) is 3.04. The molecule has 0 aromatic carbocycles. The Morgan fingerprint density at radius 3 is 3.00 bits per heavy atom. The highest BCUT2D eigenvalue weighted by atomic mass is 15.5.